The van der Waals surface area contributed by atoms with Gasteiger partial charge < -0.3 is 14.5 Å². The van der Waals surface area contributed by atoms with Crippen molar-refractivity contribution in [2.24, 2.45) is 0 Å². The lowest BCUT2D eigenvalue weighted by atomic mass is 9.96. The van der Waals surface area contributed by atoms with Crippen LogP contribution < -0.4 is 5.32 Å². The van der Waals surface area contributed by atoms with E-state index in [1.54, 1.807) is 7.11 Å². The fourth-order valence-corrected chi connectivity index (χ4v) is 2.50. The number of benzene rings is 1. The molecule has 0 aliphatic carbocycles. The van der Waals surface area contributed by atoms with Crippen molar-refractivity contribution in [1.82, 2.24) is 5.32 Å². The topological polar surface area (TPSA) is 34.4 Å². The monoisotopic (exact) mass is 289 g/mol. The molecule has 0 saturated heterocycles. The second-order valence-corrected chi connectivity index (χ2v) is 6.04. The Labute approximate surface area is 127 Å². The highest BCUT2D eigenvalue weighted by Crippen LogP contribution is 2.30. The van der Waals surface area contributed by atoms with Crippen LogP contribution in [0.15, 0.2) is 22.6 Å². The predicted molar refractivity (Wildman–Crippen MR) is 87.6 cm³/mol. The van der Waals surface area contributed by atoms with Crippen molar-refractivity contribution in [3.05, 3.63) is 35.1 Å². The summed E-state index contributed by atoms with van der Waals surface area (Å²) in [6.07, 6.45) is 1.14. The van der Waals surface area contributed by atoms with Crippen LogP contribution in [-0.4, -0.2) is 13.2 Å². The highest BCUT2D eigenvalue weighted by molar-refractivity contribution is 5.83. The molecule has 1 aromatic carbocycles. The molecule has 1 heterocycles. The van der Waals surface area contributed by atoms with Crippen LogP contribution >= 0.6 is 0 Å². The Kier molecular flexibility index (Phi) is 5.43. The van der Waals surface area contributed by atoms with Gasteiger partial charge in [0.05, 0.1) is 13.2 Å². The predicted octanol–water partition coefficient (Wildman–Crippen LogP) is 4.59. The van der Waals surface area contributed by atoms with Crippen LogP contribution in [0.2, 0.25) is 0 Å². The van der Waals surface area contributed by atoms with E-state index in [0.717, 1.165) is 24.3 Å². The molecule has 1 aromatic heterocycles. The van der Waals surface area contributed by atoms with E-state index in [-0.39, 0.29) is 0 Å². The number of hydrogen-bond donors (Lipinski definition) is 1. The van der Waals surface area contributed by atoms with E-state index in [2.05, 4.69) is 51.2 Å². The molecule has 0 fully saturated rings. The van der Waals surface area contributed by atoms with Gasteiger partial charge >= 0.3 is 0 Å². The van der Waals surface area contributed by atoms with Gasteiger partial charge in [-0.25, -0.2) is 0 Å². The van der Waals surface area contributed by atoms with Crippen molar-refractivity contribution in [3.8, 4) is 0 Å². The van der Waals surface area contributed by atoms with Crippen LogP contribution in [0.5, 0.6) is 0 Å². The highest BCUT2D eigenvalue weighted by Gasteiger charge is 2.15. The van der Waals surface area contributed by atoms with Crippen LogP contribution in [0.3, 0.4) is 0 Å². The maximum atomic E-state index is 6.03. The lowest BCUT2D eigenvalue weighted by Crippen LogP contribution is -2.22. The highest BCUT2D eigenvalue weighted by atomic mass is 16.5. The second kappa shape index (κ2) is 7.10. The largest absolute Gasteiger partial charge is 0.459 e. The lowest BCUT2D eigenvalue weighted by Gasteiger charge is -2.09. The summed E-state index contributed by atoms with van der Waals surface area (Å²) in [6.45, 7) is 10.1. The van der Waals surface area contributed by atoms with Gasteiger partial charge in [-0.2, -0.15) is 0 Å². The zero-order chi connectivity index (χ0) is 15.4. The first kappa shape index (κ1) is 16.1. The maximum Gasteiger partial charge on any atom is 0.134 e. The molecule has 21 heavy (non-hydrogen) atoms. The Morgan fingerprint density at radius 1 is 1.24 bits per heavy atom. The molecule has 1 N–H and O–H groups in total. The van der Waals surface area contributed by atoms with Crippen molar-refractivity contribution in [1.29, 1.82) is 0 Å². The van der Waals surface area contributed by atoms with Crippen molar-refractivity contribution >= 4 is 11.0 Å². The third-order valence-electron chi connectivity index (χ3n) is 4.04. The molecule has 1 unspecified atom stereocenters. The van der Waals surface area contributed by atoms with Gasteiger partial charge in [-0.05, 0) is 30.0 Å². The molecule has 0 amide bonds. The summed E-state index contributed by atoms with van der Waals surface area (Å²) in [6, 6.07) is 6.97. The van der Waals surface area contributed by atoms with Gasteiger partial charge in [0.1, 0.15) is 11.3 Å². The fraction of sp³-hybridized carbons (Fsp3) is 0.556. The van der Waals surface area contributed by atoms with Crippen molar-refractivity contribution in [2.45, 2.75) is 59.2 Å². The Bertz CT molecular complexity index is 586. The molecule has 2 rings (SSSR count). The summed E-state index contributed by atoms with van der Waals surface area (Å²) in [5.74, 6) is 1.55. The maximum absolute atomic E-state index is 6.03. The Balaban J connectivity index is 2.42. The molecular formula is C18H27NO2. The lowest BCUT2D eigenvalue weighted by molar-refractivity contribution is 0.183. The van der Waals surface area contributed by atoms with E-state index in [1.807, 2.05) is 0 Å². The number of hydrogen-bond acceptors (Lipinski definition) is 3. The van der Waals surface area contributed by atoms with Gasteiger partial charge in [0.2, 0.25) is 0 Å². The first-order valence-electron chi connectivity index (χ1n) is 7.83. The van der Waals surface area contributed by atoms with Gasteiger partial charge in [0.25, 0.3) is 0 Å². The molecule has 0 aliphatic heterocycles. The van der Waals surface area contributed by atoms with Crippen molar-refractivity contribution in [2.75, 3.05) is 7.11 Å². The quantitative estimate of drug-likeness (QED) is 0.809. The number of furan rings is 1. The van der Waals surface area contributed by atoms with Gasteiger partial charge in [0.15, 0.2) is 0 Å². The molecule has 0 spiro atoms. The zero-order valence-corrected chi connectivity index (χ0v) is 13.8. The molecule has 0 radical (unpaired) electrons. The first-order valence-corrected chi connectivity index (χ1v) is 7.83. The molecule has 2 aromatic rings. The van der Waals surface area contributed by atoms with E-state index in [4.69, 9.17) is 9.15 Å². The van der Waals surface area contributed by atoms with Gasteiger partial charge in [0, 0.05) is 24.1 Å². The van der Waals surface area contributed by atoms with E-state index >= 15 is 0 Å². The molecule has 0 bridgehead atoms. The number of ether oxygens (including phenoxy) is 1. The smallest absolute Gasteiger partial charge is 0.134 e. The first-order chi connectivity index (χ1) is 10.1. The summed E-state index contributed by atoms with van der Waals surface area (Å²) in [4.78, 5) is 0. The molecule has 3 heteroatoms. The Morgan fingerprint density at radius 3 is 2.62 bits per heavy atom. The van der Waals surface area contributed by atoms with Crippen molar-refractivity contribution < 1.29 is 9.15 Å². The number of methoxy groups -OCH3 is 1. The SMILES string of the molecule is CCC(C)c1ccc2oc(CNC(C)C)c(COC)c2c1. The standard InChI is InChI=1S/C18H27NO2/c1-6-13(4)14-7-8-17-15(9-14)16(11-20-5)18(21-17)10-19-12(2)3/h7-9,12-13,19H,6,10-11H2,1-5H3. The summed E-state index contributed by atoms with van der Waals surface area (Å²) < 4.78 is 11.4. The zero-order valence-electron chi connectivity index (χ0n) is 13.8. The molecule has 1 atom stereocenters. The van der Waals surface area contributed by atoms with Gasteiger partial charge in [-0.1, -0.05) is 33.8 Å². The molecule has 116 valence electrons. The van der Waals surface area contributed by atoms with Crippen LogP contribution in [0.25, 0.3) is 11.0 Å². The second-order valence-electron chi connectivity index (χ2n) is 6.04. The minimum Gasteiger partial charge on any atom is -0.459 e. The minimum absolute atomic E-state index is 0.435. The Morgan fingerprint density at radius 2 is 2.00 bits per heavy atom. The van der Waals surface area contributed by atoms with Crippen LogP contribution in [0, 0.1) is 0 Å². The number of rotatable bonds is 7. The fourth-order valence-electron chi connectivity index (χ4n) is 2.50. The van der Waals surface area contributed by atoms with E-state index in [9.17, 15) is 0 Å². The molecule has 0 aliphatic rings. The summed E-state index contributed by atoms with van der Waals surface area (Å²) in [5.41, 5.74) is 3.49. The van der Waals surface area contributed by atoms with Crippen LogP contribution in [0.4, 0.5) is 0 Å². The van der Waals surface area contributed by atoms with Gasteiger partial charge in [-0.15, -0.1) is 0 Å². The summed E-state index contributed by atoms with van der Waals surface area (Å²) in [7, 11) is 1.73. The molecule has 3 nitrogen and oxygen atoms in total. The molecule has 0 saturated carbocycles. The Hall–Kier alpha value is -1.32. The average molecular weight is 289 g/mol. The number of nitrogens with one attached hydrogen (secondary N) is 1. The van der Waals surface area contributed by atoms with E-state index in [1.165, 1.54) is 16.5 Å². The van der Waals surface area contributed by atoms with Crippen LogP contribution in [-0.2, 0) is 17.9 Å². The average Bonchev–Trinajstić information content (AvgIpc) is 2.82. The summed E-state index contributed by atoms with van der Waals surface area (Å²) >= 11 is 0. The molecular weight excluding hydrogens is 262 g/mol. The number of fused-ring (bicyclic) bond motifs is 1. The van der Waals surface area contributed by atoms with Gasteiger partial charge in [-0.3, -0.25) is 0 Å². The third-order valence-corrected chi connectivity index (χ3v) is 4.04. The third kappa shape index (κ3) is 3.66. The van der Waals surface area contributed by atoms with E-state index in [0.29, 0.717) is 18.6 Å². The van der Waals surface area contributed by atoms with E-state index < -0.39 is 0 Å². The van der Waals surface area contributed by atoms with Crippen molar-refractivity contribution in [3.63, 3.8) is 0 Å². The van der Waals surface area contributed by atoms with Crippen LogP contribution in [0.1, 0.15) is 56.9 Å². The normalized spacial score (nSPS) is 13.2. The minimum atomic E-state index is 0.435. The summed E-state index contributed by atoms with van der Waals surface area (Å²) in [5, 5.41) is 4.61.